The summed E-state index contributed by atoms with van der Waals surface area (Å²) in [6.07, 6.45) is 0. The molecule has 7 nitrogen and oxygen atoms in total. The summed E-state index contributed by atoms with van der Waals surface area (Å²) in [5.41, 5.74) is 10.9. The molecule has 1 aromatic rings. The highest BCUT2D eigenvalue weighted by atomic mass is 79.9. The van der Waals surface area contributed by atoms with Gasteiger partial charge in [-0.15, -0.1) is 0 Å². The number of halogens is 2. The van der Waals surface area contributed by atoms with E-state index in [0.29, 0.717) is 14.6 Å². The second kappa shape index (κ2) is 6.55. The molecule has 106 valence electrons. The topological polar surface area (TPSA) is 127 Å². The average Bonchev–Trinajstić information content (AvgIpc) is 2.22. The van der Waals surface area contributed by atoms with Crippen molar-refractivity contribution in [1.29, 1.82) is 0 Å². The zero-order valence-corrected chi connectivity index (χ0v) is 13.6. The molecule has 1 aromatic carbocycles. The lowest BCUT2D eigenvalue weighted by molar-refractivity contribution is 0.249. The Bertz CT molecular complexity index is 568. The molecule has 0 fully saturated rings. The number of primary amides is 1. The van der Waals surface area contributed by atoms with Crippen molar-refractivity contribution < 1.29 is 13.2 Å². The predicted molar refractivity (Wildman–Crippen MR) is 79.0 cm³/mol. The molecule has 0 saturated carbocycles. The zero-order valence-electron chi connectivity index (χ0n) is 9.61. The van der Waals surface area contributed by atoms with Crippen molar-refractivity contribution >= 4 is 53.6 Å². The summed E-state index contributed by atoms with van der Waals surface area (Å²) in [4.78, 5) is 10.5. The lowest BCUT2D eigenvalue weighted by Crippen LogP contribution is -2.37. The number of urea groups is 1. The van der Waals surface area contributed by atoms with E-state index in [-0.39, 0.29) is 18.0 Å². The highest BCUT2D eigenvalue weighted by molar-refractivity contribution is 9.11. The number of anilines is 1. The monoisotopic (exact) mass is 414 g/mol. The number of nitrogens with one attached hydrogen (secondary N) is 2. The van der Waals surface area contributed by atoms with Crippen molar-refractivity contribution in [3.05, 3.63) is 21.1 Å². The number of amides is 2. The van der Waals surface area contributed by atoms with Gasteiger partial charge in [0.25, 0.3) is 0 Å². The van der Waals surface area contributed by atoms with Crippen LogP contribution in [0.15, 0.2) is 26.0 Å². The molecule has 0 aliphatic rings. The molecule has 0 radical (unpaired) electrons. The normalized spacial score (nSPS) is 11.3. The van der Waals surface area contributed by atoms with E-state index in [1.807, 2.05) is 0 Å². The van der Waals surface area contributed by atoms with Gasteiger partial charge in [-0.3, -0.25) is 0 Å². The fourth-order valence-corrected chi connectivity index (χ4v) is 4.93. The highest BCUT2D eigenvalue weighted by Crippen LogP contribution is 2.32. The number of carbonyl (C=O) groups is 1. The van der Waals surface area contributed by atoms with E-state index in [9.17, 15) is 13.2 Å². The van der Waals surface area contributed by atoms with Crippen LogP contribution in [0.5, 0.6) is 0 Å². The van der Waals surface area contributed by atoms with Gasteiger partial charge in [-0.1, -0.05) is 0 Å². The van der Waals surface area contributed by atoms with Gasteiger partial charge in [0.2, 0.25) is 10.0 Å². The Morgan fingerprint density at radius 3 is 2.21 bits per heavy atom. The van der Waals surface area contributed by atoms with E-state index in [0.717, 1.165) is 0 Å². The summed E-state index contributed by atoms with van der Waals surface area (Å²) >= 11 is 6.29. The molecule has 0 aliphatic carbocycles. The first-order chi connectivity index (χ1) is 8.74. The number of nitrogen functional groups attached to an aromatic ring is 1. The van der Waals surface area contributed by atoms with E-state index < -0.39 is 16.1 Å². The van der Waals surface area contributed by atoms with Gasteiger partial charge in [0.05, 0.1) is 0 Å². The average molecular weight is 416 g/mol. The first-order valence-corrected chi connectivity index (χ1v) is 8.08. The first-order valence-electron chi connectivity index (χ1n) is 5.01. The summed E-state index contributed by atoms with van der Waals surface area (Å²) in [5, 5.41) is 2.28. The number of rotatable bonds is 5. The predicted octanol–water partition coefficient (Wildman–Crippen LogP) is 0.740. The number of nitrogens with two attached hydrogens (primary N) is 2. The maximum Gasteiger partial charge on any atom is 0.312 e. The number of hydrogen-bond donors (Lipinski definition) is 4. The summed E-state index contributed by atoms with van der Waals surface area (Å²) < 4.78 is 27.2. The Balaban J connectivity index is 2.86. The van der Waals surface area contributed by atoms with Crippen LogP contribution in [0.25, 0.3) is 0 Å². The van der Waals surface area contributed by atoms with Crippen LogP contribution in [0.2, 0.25) is 0 Å². The molecule has 6 N–H and O–H groups in total. The van der Waals surface area contributed by atoms with Gasteiger partial charge in [-0.05, 0) is 44.0 Å². The fraction of sp³-hybridized carbons (Fsp3) is 0.222. The Morgan fingerprint density at radius 1 is 1.21 bits per heavy atom. The third kappa shape index (κ3) is 4.64. The first kappa shape index (κ1) is 16.2. The molecule has 0 bridgehead atoms. The van der Waals surface area contributed by atoms with Crippen LogP contribution < -0.4 is 21.5 Å². The van der Waals surface area contributed by atoms with Gasteiger partial charge in [0.1, 0.15) is 4.90 Å². The zero-order chi connectivity index (χ0) is 14.6. The van der Waals surface area contributed by atoms with E-state index in [1.165, 1.54) is 12.1 Å². The minimum atomic E-state index is -3.73. The van der Waals surface area contributed by atoms with Gasteiger partial charge in [-0.25, -0.2) is 17.9 Å². The lowest BCUT2D eigenvalue weighted by Gasteiger charge is -2.11. The molecular weight excluding hydrogens is 404 g/mol. The van der Waals surface area contributed by atoms with Crippen molar-refractivity contribution in [3.63, 3.8) is 0 Å². The smallest absolute Gasteiger partial charge is 0.312 e. The highest BCUT2D eigenvalue weighted by Gasteiger charge is 2.21. The third-order valence-electron chi connectivity index (χ3n) is 2.01. The molecule has 19 heavy (non-hydrogen) atoms. The van der Waals surface area contributed by atoms with Gasteiger partial charge in [0, 0.05) is 27.7 Å². The maximum absolute atomic E-state index is 12.1. The van der Waals surface area contributed by atoms with Crippen molar-refractivity contribution in [2.75, 3.05) is 18.8 Å². The van der Waals surface area contributed by atoms with E-state index in [2.05, 4.69) is 41.9 Å². The molecule has 10 heteroatoms. The van der Waals surface area contributed by atoms with Crippen LogP contribution in [0.3, 0.4) is 0 Å². The summed E-state index contributed by atoms with van der Waals surface area (Å²) in [6.45, 7) is 0.118. The van der Waals surface area contributed by atoms with Crippen LogP contribution in [-0.4, -0.2) is 27.5 Å². The number of benzene rings is 1. The standard InChI is InChI=1S/C9H12Br2N4O3S/c10-6-3-5(12)4-7(11)8(6)19(17,18)15-2-1-14-9(13)16/h3-4,15H,1-2,12H2,(H3,13,14,16). The Morgan fingerprint density at radius 2 is 1.74 bits per heavy atom. The van der Waals surface area contributed by atoms with Gasteiger partial charge >= 0.3 is 6.03 Å². The summed E-state index contributed by atoms with van der Waals surface area (Å²) in [7, 11) is -3.73. The third-order valence-corrected chi connectivity index (χ3v) is 5.34. The van der Waals surface area contributed by atoms with Crippen LogP contribution in [0.4, 0.5) is 10.5 Å². The molecule has 0 unspecified atom stereocenters. The van der Waals surface area contributed by atoms with Gasteiger partial charge in [0.15, 0.2) is 0 Å². The van der Waals surface area contributed by atoms with Gasteiger partial charge in [-0.2, -0.15) is 0 Å². The molecule has 0 spiro atoms. The molecule has 0 aliphatic heterocycles. The summed E-state index contributed by atoms with van der Waals surface area (Å²) in [6, 6.07) is 2.26. The van der Waals surface area contributed by atoms with E-state index in [1.54, 1.807) is 0 Å². The molecule has 2 amide bonds. The molecule has 0 heterocycles. The number of carbonyl (C=O) groups excluding carboxylic acids is 1. The quantitative estimate of drug-likeness (QED) is 0.417. The van der Waals surface area contributed by atoms with Crippen LogP contribution in [0, 0.1) is 0 Å². The molecule has 0 aromatic heterocycles. The molecule has 0 saturated heterocycles. The van der Waals surface area contributed by atoms with Crippen LogP contribution in [0.1, 0.15) is 0 Å². The van der Waals surface area contributed by atoms with Gasteiger partial charge < -0.3 is 16.8 Å². The number of hydrogen-bond acceptors (Lipinski definition) is 4. The Hall–Kier alpha value is -0.840. The Kier molecular flexibility index (Phi) is 5.59. The SMILES string of the molecule is NC(=O)NCCNS(=O)(=O)c1c(Br)cc(N)cc1Br. The fourth-order valence-electron chi connectivity index (χ4n) is 1.28. The van der Waals surface area contributed by atoms with Crippen LogP contribution in [-0.2, 0) is 10.0 Å². The molecule has 1 rings (SSSR count). The van der Waals surface area contributed by atoms with Crippen molar-refractivity contribution in [1.82, 2.24) is 10.0 Å². The van der Waals surface area contributed by atoms with Crippen molar-refractivity contribution in [3.8, 4) is 0 Å². The minimum absolute atomic E-state index is 0.0224. The second-order valence-electron chi connectivity index (χ2n) is 3.50. The lowest BCUT2D eigenvalue weighted by atomic mass is 10.3. The maximum atomic E-state index is 12.1. The van der Waals surface area contributed by atoms with E-state index in [4.69, 9.17) is 11.5 Å². The van der Waals surface area contributed by atoms with E-state index >= 15 is 0 Å². The molecular formula is C9H12Br2N4O3S. The Labute approximate surface area is 127 Å². The van der Waals surface area contributed by atoms with Crippen LogP contribution >= 0.6 is 31.9 Å². The minimum Gasteiger partial charge on any atom is -0.399 e. The summed E-state index contributed by atoms with van der Waals surface area (Å²) in [5.74, 6) is 0. The molecule has 0 atom stereocenters. The number of sulfonamides is 1. The van der Waals surface area contributed by atoms with Crippen molar-refractivity contribution in [2.45, 2.75) is 4.90 Å². The second-order valence-corrected chi connectivity index (χ2v) is 6.91. The van der Waals surface area contributed by atoms with Crippen molar-refractivity contribution in [2.24, 2.45) is 5.73 Å². The largest absolute Gasteiger partial charge is 0.399 e.